The second-order valence-corrected chi connectivity index (χ2v) is 5.73. The van der Waals surface area contributed by atoms with E-state index >= 15 is 0 Å². The molecule has 1 aromatic carbocycles. The number of hydrogen-bond acceptors (Lipinski definition) is 3. The second-order valence-electron chi connectivity index (χ2n) is 5.73. The van der Waals surface area contributed by atoms with E-state index in [1.54, 1.807) is 0 Å². The van der Waals surface area contributed by atoms with Crippen LogP contribution in [0.5, 0.6) is 5.75 Å². The molecule has 1 unspecified atom stereocenters. The Morgan fingerprint density at radius 3 is 2.90 bits per heavy atom. The van der Waals surface area contributed by atoms with Gasteiger partial charge in [0.2, 0.25) is 0 Å². The fourth-order valence-electron chi connectivity index (χ4n) is 2.70. The predicted molar refractivity (Wildman–Crippen MR) is 84.7 cm³/mol. The van der Waals surface area contributed by atoms with Gasteiger partial charge in [-0.15, -0.1) is 0 Å². The van der Waals surface area contributed by atoms with Crippen LogP contribution in [-0.4, -0.2) is 31.6 Å². The summed E-state index contributed by atoms with van der Waals surface area (Å²) in [5, 5.41) is 6.48. The van der Waals surface area contributed by atoms with Crippen LogP contribution in [0.2, 0.25) is 0 Å². The van der Waals surface area contributed by atoms with Crippen molar-refractivity contribution in [3.05, 3.63) is 29.8 Å². The van der Waals surface area contributed by atoms with E-state index in [4.69, 9.17) is 4.74 Å². The minimum absolute atomic E-state index is 0.0111. The number of carbonyl (C=O) groups is 1. The number of benzene rings is 1. The maximum absolute atomic E-state index is 12.3. The number of ether oxygens (including phenoxy) is 1. The molecule has 21 heavy (non-hydrogen) atoms. The second kappa shape index (κ2) is 8.03. The molecule has 0 aromatic heterocycles. The van der Waals surface area contributed by atoms with Crippen molar-refractivity contribution in [1.82, 2.24) is 10.6 Å². The van der Waals surface area contributed by atoms with Crippen LogP contribution >= 0.6 is 0 Å². The number of piperidine rings is 1. The lowest BCUT2D eigenvalue weighted by Gasteiger charge is -2.28. The zero-order chi connectivity index (χ0) is 15.1. The molecule has 0 aliphatic carbocycles. The fourth-order valence-corrected chi connectivity index (χ4v) is 2.70. The molecule has 2 rings (SSSR count). The molecule has 1 atom stereocenters. The van der Waals surface area contributed by atoms with Crippen molar-refractivity contribution in [3.63, 3.8) is 0 Å². The quantitative estimate of drug-likeness (QED) is 0.846. The summed E-state index contributed by atoms with van der Waals surface area (Å²) >= 11 is 0. The Hall–Kier alpha value is -1.55. The van der Waals surface area contributed by atoms with E-state index in [0.29, 0.717) is 18.1 Å². The highest BCUT2D eigenvalue weighted by Gasteiger charge is 2.21. The van der Waals surface area contributed by atoms with Gasteiger partial charge in [0.15, 0.2) is 0 Å². The van der Waals surface area contributed by atoms with E-state index in [0.717, 1.165) is 38.1 Å². The topological polar surface area (TPSA) is 50.4 Å². The largest absolute Gasteiger partial charge is 0.494 e. The summed E-state index contributed by atoms with van der Waals surface area (Å²) in [5.41, 5.74) is 0.671. The van der Waals surface area contributed by atoms with Crippen LogP contribution in [0.15, 0.2) is 24.3 Å². The molecule has 2 N–H and O–H groups in total. The summed E-state index contributed by atoms with van der Waals surface area (Å²) in [7, 11) is 0. The molecule has 1 fully saturated rings. The molecule has 1 saturated heterocycles. The molecule has 1 amide bonds. The van der Waals surface area contributed by atoms with Gasteiger partial charge in [-0.25, -0.2) is 0 Å². The van der Waals surface area contributed by atoms with Crippen molar-refractivity contribution in [2.45, 2.75) is 39.2 Å². The number of hydrogen-bond donors (Lipinski definition) is 2. The van der Waals surface area contributed by atoms with E-state index in [1.807, 2.05) is 24.3 Å². The van der Waals surface area contributed by atoms with Crippen LogP contribution in [-0.2, 0) is 0 Å². The van der Waals surface area contributed by atoms with Crippen LogP contribution in [0.3, 0.4) is 0 Å². The molecule has 0 radical (unpaired) electrons. The highest BCUT2D eigenvalue weighted by Crippen LogP contribution is 2.18. The van der Waals surface area contributed by atoms with Crippen molar-refractivity contribution in [2.24, 2.45) is 5.92 Å². The Labute approximate surface area is 127 Å². The molecule has 4 nitrogen and oxygen atoms in total. The van der Waals surface area contributed by atoms with Crippen LogP contribution < -0.4 is 15.4 Å². The van der Waals surface area contributed by atoms with Gasteiger partial charge in [0.05, 0.1) is 6.61 Å². The van der Waals surface area contributed by atoms with Crippen molar-refractivity contribution in [2.75, 3.05) is 19.7 Å². The molecular formula is C17H26N2O2. The van der Waals surface area contributed by atoms with Crippen molar-refractivity contribution < 1.29 is 9.53 Å². The van der Waals surface area contributed by atoms with Crippen LogP contribution in [0, 0.1) is 5.92 Å². The summed E-state index contributed by atoms with van der Waals surface area (Å²) in [4.78, 5) is 12.3. The van der Waals surface area contributed by atoms with Gasteiger partial charge in [0, 0.05) is 11.6 Å². The normalized spacial score (nSPS) is 17.2. The van der Waals surface area contributed by atoms with Gasteiger partial charge < -0.3 is 15.4 Å². The minimum atomic E-state index is -0.0111. The number of rotatable bonds is 6. The summed E-state index contributed by atoms with van der Waals surface area (Å²) < 4.78 is 5.58. The summed E-state index contributed by atoms with van der Waals surface area (Å²) in [5.74, 6) is 1.32. The third kappa shape index (κ3) is 4.74. The lowest BCUT2D eigenvalue weighted by Crippen LogP contribution is -2.42. The van der Waals surface area contributed by atoms with Crippen molar-refractivity contribution >= 4 is 5.91 Å². The standard InChI is InChI=1S/C17H26N2O2/c1-3-11-21-16-6-4-5-15(12-16)17(20)19-13(2)14-7-9-18-10-8-14/h4-6,12-14,18H,3,7-11H2,1-2H3,(H,19,20). The van der Waals surface area contributed by atoms with Crippen LogP contribution in [0.25, 0.3) is 0 Å². The van der Waals surface area contributed by atoms with Gasteiger partial charge in [-0.2, -0.15) is 0 Å². The lowest BCUT2D eigenvalue weighted by molar-refractivity contribution is 0.0920. The Balaban J connectivity index is 1.92. The maximum Gasteiger partial charge on any atom is 0.251 e. The molecule has 0 saturated carbocycles. The molecule has 1 aliphatic rings. The first kappa shape index (κ1) is 15.8. The average Bonchev–Trinajstić information content (AvgIpc) is 2.54. The van der Waals surface area contributed by atoms with E-state index in [1.165, 1.54) is 0 Å². The lowest BCUT2D eigenvalue weighted by atomic mass is 9.91. The Bertz CT molecular complexity index is 456. The Kier molecular flexibility index (Phi) is 6.05. The first-order valence-electron chi connectivity index (χ1n) is 7.95. The molecular weight excluding hydrogens is 264 g/mol. The summed E-state index contributed by atoms with van der Waals surface area (Å²) in [6, 6.07) is 7.63. The molecule has 4 heteroatoms. The zero-order valence-electron chi connectivity index (χ0n) is 13.0. The molecule has 1 aromatic rings. The van der Waals surface area contributed by atoms with Gasteiger partial charge in [0.1, 0.15) is 5.75 Å². The number of amides is 1. The van der Waals surface area contributed by atoms with E-state index < -0.39 is 0 Å². The monoisotopic (exact) mass is 290 g/mol. The Morgan fingerprint density at radius 1 is 1.43 bits per heavy atom. The van der Waals surface area contributed by atoms with Crippen LogP contribution in [0.4, 0.5) is 0 Å². The van der Waals surface area contributed by atoms with Crippen molar-refractivity contribution in [3.8, 4) is 5.75 Å². The van der Waals surface area contributed by atoms with E-state index in [2.05, 4.69) is 24.5 Å². The molecule has 1 aliphatic heterocycles. The predicted octanol–water partition coefficient (Wildman–Crippen LogP) is 2.59. The van der Waals surface area contributed by atoms with Gasteiger partial charge in [-0.1, -0.05) is 13.0 Å². The summed E-state index contributed by atoms with van der Waals surface area (Å²) in [6.07, 6.45) is 3.21. The number of nitrogens with one attached hydrogen (secondary N) is 2. The Morgan fingerprint density at radius 2 is 2.19 bits per heavy atom. The SMILES string of the molecule is CCCOc1cccc(C(=O)NC(C)C2CCNCC2)c1. The third-order valence-electron chi connectivity index (χ3n) is 4.02. The van der Waals surface area contributed by atoms with Crippen molar-refractivity contribution in [1.29, 1.82) is 0 Å². The maximum atomic E-state index is 12.3. The molecule has 0 spiro atoms. The summed E-state index contributed by atoms with van der Waals surface area (Å²) in [6.45, 7) is 6.94. The number of carbonyl (C=O) groups excluding carboxylic acids is 1. The zero-order valence-corrected chi connectivity index (χ0v) is 13.0. The van der Waals surface area contributed by atoms with Gasteiger partial charge in [-0.3, -0.25) is 4.79 Å². The van der Waals surface area contributed by atoms with Gasteiger partial charge >= 0.3 is 0 Å². The van der Waals surface area contributed by atoms with Crippen LogP contribution in [0.1, 0.15) is 43.5 Å². The first-order chi connectivity index (χ1) is 10.2. The average molecular weight is 290 g/mol. The minimum Gasteiger partial charge on any atom is -0.494 e. The molecule has 116 valence electrons. The fraction of sp³-hybridized carbons (Fsp3) is 0.588. The first-order valence-corrected chi connectivity index (χ1v) is 7.95. The third-order valence-corrected chi connectivity index (χ3v) is 4.02. The van der Waals surface area contributed by atoms with E-state index in [-0.39, 0.29) is 11.9 Å². The van der Waals surface area contributed by atoms with Gasteiger partial charge in [-0.05, 0) is 63.4 Å². The van der Waals surface area contributed by atoms with Gasteiger partial charge in [0.25, 0.3) is 5.91 Å². The molecule has 0 bridgehead atoms. The highest BCUT2D eigenvalue weighted by molar-refractivity contribution is 5.94. The van der Waals surface area contributed by atoms with E-state index in [9.17, 15) is 4.79 Å². The molecule has 1 heterocycles. The highest BCUT2D eigenvalue weighted by atomic mass is 16.5. The smallest absolute Gasteiger partial charge is 0.251 e.